The summed E-state index contributed by atoms with van der Waals surface area (Å²) in [5.41, 5.74) is 0.600. The molecule has 0 N–H and O–H groups in total. The van der Waals surface area contributed by atoms with Crippen molar-refractivity contribution in [1.29, 1.82) is 0 Å². The first-order valence-electron chi connectivity index (χ1n) is 6.57. The minimum Gasteiger partial charge on any atom is -0.466 e. The van der Waals surface area contributed by atoms with Crippen molar-refractivity contribution in [2.24, 2.45) is 5.92 Å². The van der Waals surface area contributed by atoms with E-state index in [1.54, 1.807) is 18.3 Å². The van der Waals surface area contributed by atoms with E-state index in [0.29, 0.717) is 18.7 Å². The number of anilines is 1. The number of ether oxygens (including phenoxy) is 1. The SMILES string of the molecule is CCOC(=O)C1CCCN(c2cc(C=O)ccn2)C1. The minimum atomic E-state index is -0.140. The molecule has 0 saturated carbocycles. The molecule has 5 nitrogen and oxygen atoms in total. The largest absolute Gasteiger partial charge is 0.466 e. The van der Waals surface area contributed by atoms with Gasteiger partial charge in [0.15, 0.2) is 0 Å². The van der Waals surface area contributed by atoms with Gasteiger partial charge in [0.2, 0.25) is 0 Å². The molecule has 1 aromatic rings. The average Bonchev–Trinajstić information content (AvgIpc) is 2.48. The lowest BCUT2D eigenvalue weighted by atomic mass is 9.98. The molecule has 5 heteroatoms. The number of carbonyl (C=O) groups excluding carboxylic acids is 2. The Bertz CT molecular complexity index is 462. The molecule has 19 heavy (non-hydrogen) atoms. The van der Waals surface area contributed by atoms with Crippen LogP contribution < -0.4 is 4.90 Å². The van der Waals surface area contributed by atoms with Crippen LogP contribution >= 0.6 is 0 Å². The summed E-state index contributed by atoms with van der Waals surface area (Å²) in [6.07, 6.45) is 4.20. The van der Waals surface area contributed by atoms with E-state index in [2.05, 4.69) is 4.98 Å². The van der Waals surface area contributed by atoms with Crippen LogP contribution in [-0.4, -0.2) is 36.9 Å². The highest BCUT2D eigenvalue weighted by Crippen LogP contribution is 2.22. The third-order valence-electron chi connectivity index (χ3n) is 3.27. The summed E-state index contributed by atoms with van der Waals surface area (Å²) in [6, 6.07) is 3.42. The Balaban J connectivity index is 2.07. The average molecular weight is 262 g/mol. The Hall–Kier alpha value is -1.91. The minimum absolute atomic E-state index is 0.101. The summed E-state index contributed by atoms with van der Waals surface area (Å²) in [5, 5.41) is 0. The standard InChI is InChI=1S/C14H18N2O3/c1-2-19-14(18)12-4-3-7-16(9-12)13-8-11(10-17)5-6-15-13/h5-6,8,10,12H,2-4,7,9H2,1H3. The Morgan fingerprint density at radius 1 is 1.63 bits per heavy atom. The maximum Gasteiger partial charge on any atom is 0.310 e. The second kappa shape index (κ2) is 6.31. The fourth-order valence-electron chi connectivity index (χ4n) is 2.32. The molecule has 0 aliphatic carbocycles. The molecule has 1 saturated heterocycles. The molecule has 0 amide bonds. The molecule has 2 rings (SSSR count). The Morgan fingerprint density at radius 3 is 3.21 bits per heavy atom. The van der Waals surface area contributed by atoms with Crippen molar-refractivity contribution >= 4 is 18.1 Å². The number of aromatic nitrogens is 1. The summed E-state index contributed by atoms with van der Waals surface area (Å²) < 4.78 is 5.07. The predicted octanol–water partition coefficient (Wildman–Crippen LogP) is 1.67. The molecule has 2 heterocycles. The van der Waals surface area contributed by atoms with Crippen LogP contribution in [0.1, 0.15) is 30.1 Å². The smallest absolute Gasteiger partial charge is 0.310 e. The van der Waals surface area contributed by atoms with Crippen molar-refractivity contribution in [3.8, 4) is 0 Å². The fraction of sp³-hybridized carbons (Fsp3) is 0.500. The highest BCUT2D eigenvalue weighted by Gasteiger charge is 2.27. The number of hydrogen-bond acceptors (Lipinski definition) is 5. The quantitative estimate of drug-likeness (QED) is 0.610. The molecule has 1 atom stereocenters. The molecular formula is C14H18N2O3. The molecule has 1 aliphatic rings. The predicted molar refractivity (Wildman–Crippen MR) is 71.2 cm³/mol. The molecule has 102 valence electrons. The summed E-state index contributed by atoms with van der Waals surface area (Å²) in [5.74, 6) is 0.507. The summed E-state index contributed by atoms with van der Waals surface area (Å²) in [7, 11) is 0. The van der Waals surface area contributed by atoms with Gasteiger partial charge in [-0.2, -0.15) is 0 Å². The molecule has 1 unspecified atom stereocenters. The van der Waals surface area contributed by atoms with E-state index < -0.39 is 0 Å². The first-order valence-corrected chi connectivity index (χ1v) is 6.57. The van der Waals surface area contributed by atoms with Crippen LogP contribution in [0, 0.1) is 5.92 Å². The number of rotatable bonds is 4. The van der Waals surface area contributed by atoms with E-state index in [1.165, 1.54) is 0 Å². The number of nitrogens with zero attached hydrogens (tertiary/aromatic N) is 2. The molecule has 0 aromatic carbocycles. The van der Waals surface area contributed by atoms with Crippen LogP contribution in [0.15, 0.2) is 18.3 Å². The maximum absolute atomic E-state index is 11.8. The number of aldehydes is 1. The molecule has 0 bridgehead atoms. The van der Waals surface area contributed by atoms with Crippen LogP contribution in [0.3, 0.4) is 0 Å². The summed E-state index contributed by atoms with van der Waals surface area (Å²) >= 11 is 0. The van der Waals surface area contributed by atoms with Crippen molar-refractivity contribution in [2.45, 2.75) is 19.8 Å². The first kappa shape index (κ1) is 13.5. The van der Waals surface area contributed by atoms with Crippen LogP contribution in [0.4, 0.5) is 5.82 Å². The Morgan fingerprint density at radius 2 is 2.47 bits per heavy atom. The number of esters is 1. The second-order valence-corrected chi connectivity index (χ2v) is 4.60. The Kier molecular flexibility index (Phi) is 4.49. The first-order chi connectivity index (χ1) is 9.24. The molecule has 0 spiro atoms. The van der Waals surface area contributed by atoms with Gasteiger partial charge in [0.25, 0.3) is 0 Å². The zero-order chi connectivity index (χ0) is 13.7. The lowest BCUT2D eigenvalue weighted by Gasteiger charge is -2.32. The third-order valence-corrected chi connectivity index (χ3v) is 3.27. The number of pyridine rings is 1. The van der Waals surface area contributed by atoms with Crippen LogP contribution in [0.2, 0.25) is 0 Å². The van der Waals surface area contributed by atoms with E-state index in [9.17, 15) is 9.59 Å². The molecular weight excluding hydrogens is 244 g/mol. The number of piperidine rings is 1. The second-order valence-electron chi connectivity index (χ2n) is 4.60. The fourth-order valence-corrected chi connectivity index (χ4v) is 2.32. The highest BCUT2D eigenvalue weighted by molar-refractivity contribution is 5.76. The van der Waals surface area contributed by atoms with E-state index in [4.69, 9.17) is 4.74 Å². The van der Waals surface area contributed by atoms with Crippen molar-refractivity contribution < 1.29 is 14.3 Å². The number of hydrogen-bond donors (Lipinski definition) is 0. The summed E-state index contributed by atoms with van der Waals surface area (Å²) in [4.78, 5) is 28.9. The van der Waals surface area contributed by atoms with Crippen molar-refractivity contribution in [2.75, 3.05) is 24.6 Å². The van der Waals surface area contributed by atoms with Crippen molar-refractivity contribution in [1.82, 2.24) is 4.98 Å². The van der Waals surface area contributed by atoms with Gasteiger partial charge in [-0.15, -0.1) is 0 Å². The molecule has 1 fully saturated rings. The van der Waals surface area contributed by atoms with Crippen molar-refractivity contribution in [3.63, 3.8) is 0 Å². The monoisotopic (exact) mass is 262 g/mol. The van der Waals surface area contributed by atoms with Crippen LogP contribution in [-0.2, 0) is 9.53 Å². The van der Waals surface area contributed by atoms with E-state index in [1.807, 2.05) is 11.8 Å². The lowest BCUT2D eigenvalue weighted by Crippen LogP contribution is -2.39. The van der Waals surface area contributed by atoms with Crippen LogP contribution in [0.5, 0.6) is 0 Å². The highest BCUT2D eigenvalue weighted by atomic mass is 16.5. The van der Waals surface area contributed by atoms with E-state index >= 15 is 0 Å². The maximum atomic E-state index is 11.8. The van der Waals surface area contributed by atoms with Gasteiger partial charge in [0.05, 0.1) is 12.5 Å². The molecule has 0 radical (unpaired) electrons. The van der Waals surface area contributed by atoms with Gasteiger partial charge in [-0.05, 0) is 31.9 Å². The van der Waals surface area contributed by atoms with Crippen molar-refractivity contribution in [3.05, 3.63) is 23.9 Å². The van der Waals surface area contributed by atoms with Gasteiger partial charge < -0.3 is 9.64 Å². The lowest BCUT2D eigenvalue weighted by molar-refractivity contribution is -0.148. The summed E-state index contributed by atoms with van der Waals surface area (Å²) in [6.45, 7) is 3.68. The van der Waals surface area contributed by atoms with Gasteiger partial charge in [-0.25, -0.2) is 4.98 Å². The third kappa shape index (κ3) is 3.30. The zero-order valence-corrected chi connectivity index (χ0v) is 11.0. The van der Waals surface area contributed by atoms with Gasteiger partial charge in [0.1, 0.15) is 12.1 Å². The normalized spacial score (nSPS) is 19.0. The van der Waals surface area contributed by atoms with Gasteiger partial charge in [-0.1, -0.05) is 0 Å². The van der Waals surface area contributed by atoms with Gasteiger partial charge in [-0.3, -0.25) is 9.59 Å². The molecule has 1 aliphatic heterocycles. The van der Waals surface area contributed by atoms with Gasteiger partial charge >= 0.3 is 5.97 Å². The topological polar surface area (TPSA) is 59.5 Å². The van der Waals surface area contributed by atoms with Crippen LogP contribution in [0.25, 0.3) is 0 Å². The van der Waals surface area contributed by atoms with E-state index in [-0.39, 0.29) is 11.9 Å². The zero-order valence-electron chi connectivity index (χ0n) is 11.0. The van der Waals surface area contributed by atoms with E-state index in [0.717, 1.165) is 31.5 Å². The number of carbonyl (C=O) groups is 2. The van der Waals surface area contributed by atoms with Gasteiger partial charge in [0, 0.05) is 24.8 Å². The molecule has 1 aromatic heterocycles. The Labute approximate surface area is 112 Å².